The van der Waals surface area contributed by atoms with Gasteiger partial charge in [-0.25, -0.2) is 9.78 Å². The predicted octanol–water partition coefficient (Wildman–Crippen LogP) is 4.81. The summed E-state index contributed by atoms with van der Waals surface area (Å²) in [6.45, 7) is 1.86. The molecule has 1 saturated carbocycles. The van der Waals surface area contributed by atoms with Crippen molar-refractivity contribution in [3.8, 4) is 11.5 Å². The van der Waals surface area contributed by atoms with Crippen LogP contribution in [0, 0.1) is 6.92 Å². The van der Waals surface area contributed by atoms with Crippen LogP contribution < -0.4 is 31.3 Å². The van der Waals surface area contributed by atoms with Gasteiger partial charge in [0.1, 0.15) is 21.2 Å². The Bertz CT molecular complexity index is 1620. The van der Waals surface area contributed by atoms with Gasteiger partial charge >= 0.3 is 6.03 Å². The van der Waals surface area contributed by atoms with E-state index in [0.29, 0.717) is 38.9 Å². The molecule has 0 bridgehead atoms. The summed E-state index contributed by atoms with van der Waals surface area (Å²) < 4.78 is 5.96. The quantitative estimate of drug-likeness (QED) is 0.258. The molecule has 0 spiro atoms. The van der Waals surface area contributed by atoms with E-state index in [1.807, 2.05) is 55.5 Å². The Morgan fingerprint density at radius 2 is 1.85 bits per heavy atom. The van der Waals surface area contributed by atoms with Crippen molar-refractivity contribution in [1.29, 1.82) is 0 Å². The van der Waals surface area contributed by atoms with Crippen LogP contribution in [0.25, 0.3) is 10.2 Å². The van der Waals surface area contributed by atoms with E-state index in [1.165, 1.54) is 11.3 Å². The Morgan fingerprint density at radius 3 is 2.60 bits per heavy atom. The third-order valence-electron chi connectivity index (χ3n) is 7.16. The van der Waals surface area contributed by atoms with Crippen LogP contribution in [0.1, 0.15) is 34.5 Å². The number of nitrogens with two attached hydrogens (primary N) is 1. The molecular weight excluding hydrogens is 528 g/mol. The van der Waals surface area contributed by atoms with Crippen molar-refractivity contribution in [1.82, 2.24) is 15.6 Å². The molecule has 1 fully saturated rings. The average Bonchev–Trinajstić information content (AvgIpc) is 3.55. The maximum Gasteiger partial charge on any atom is 0.331 e. The molecule has 0 unspecified atom stereocenters. The number of nitrogens with zero attached hydrogens (tertiary/aromatic N) is 2. The maximum absolute atomic E-state index is 13.5. The van der Waals surface area contributed by atoms with Crippen LogP contribution in [0.3, 0.4) is 0 Å². The molecule has 0 saturated heterocycles. The molecule has 5 N–H and O–H groups in total. The molecule has 2 aromatic heterocycles. The number of para-hydroxylation sites is 1. The van der Waals surface area contributed by atoms with Crippen LogP contribution >= 0.6 is 11.3 Å². The molecule has 4 aromatic rings. The van der Waals surface area contributed by atoms with E-state index in [0.717, 1.165) is 29.5 Å². The monoisotopic (exact) mass is 556 g/mol. The molecule has 2 aliphatic rings. The lowest BCUT2D eigenvalue weighted by Gasteiger charge is -2.29. The largest absolute Gasteiger partial charge is 0.457 e. The van der Waals surface area contributed by atoms with Gasteiger partial charge < -0.3 is 26.4 Å². The summed E-state index contributed by atoms with van der Waals surface area (Å²) in [5.74, 6) is 0.914. The SMILES string of the molecule is Cc1cc(Oc2ccccc2)ccc1N1C(=O)Nc2c(C(=O)N[C@H]3CC[C@@H](NC(=O)CN)C3)sc3nccc1c23. The third-order valence-corrected chi connectivity index (χ3v) is 8.26. The number of hydrogen-bond donors (Lipinski definition) is 4. The van der Waals surface area contributed by atoms with Gasteiger partial charge in [0, 0.05) is 18.3 Å². The highest BCUT2D eigenvalue weighted by molar-refractivity contribution is 7.21. The number of carbonyl (C=O) groups is 3. The minimum atomic E-state index is -0.363. The van der Waals surface area contributed by atoms with Crippen LogP contribution in [0.15, 0.2) is 60.8 Å². The van der Waals surface area contributed by atoms with E-state index in [4.69, 9.17) is 10.5 Å². The summed E-state index contributed by atoms with van der Waals surface area (Å²) in [4.78, 5) is 45.6. The van der Waals surface area contributed by atoms with E-state index in [-0.39, 0.29) is 36.5 Å². The lowest BCUT2D eigenvalue weighted by atomic mass is 10.1. The van der Waals surface area contributed by atoms with Gasteiger partial charge in [0.25, 0.3) is 5.91 Å². The molecule has 4 amide bonds. The first kappa shape index (κ1) is 25.8. The zero-order valence-corrected chi connectivity index (χ0v) is 22.6. The summed E-state index contributed by atoms with van der Waals surface area (Å²) in [6.07, 6.45) is 3.79. The average molecular weight is 557 g/mol. The minimum absolute atomic E-state index is 0.0173. The normalized spacial score (nSPS) is 17.9. The van der Waals surface area contributed by atoms with Gasteiger partial charge in [0.05, 0.1) is 29.0 Å². The predicted molar refractivity (Wildman–Crippen MR) is 155 cm³/mol. The Hall–Kier alpha value is -4.48. The molecule has 3 heterocycles. The minimum Gasteiger partial charge on any atom is -0.457 e. The van der Waals surface area contributed by atoms with Crippen molar-refractivity contribution in [2.75, 3.05) is 16.8 Å². The van der Waals surface area contributed by atoms with Gasteiger partial charge in [0.2, 0.25) is 5.91 Å². The molecule has 40 heavy (non-hydrogen) atoms. The molecule has 1 aliphatic heterocycles. The molecule has 10 nitrogen and oxygen atoms in total. The second kappa shape index (κ2) is 10.6. The lowest BCUT2D eigenvalue weighted by molar-refractivity contribution is -0.120. The van der Waals surface area contributed by atoms with Gasteiger partial charge in [-0.2, -0.15) is 0 Å². The third kappa shape index (κ3) is 4.85. The molecule has 0 radical (unpaired) electrons. The summed E-state index contributed by atoms with van der Waals surface area (Å²) >= 11 is 1.25. The number of pyridine rings is 1. The number of aryl methyl sites for hydroxylation is 1. The van der Waals surface area contributed by atoms with Gasteiger partial charge in [0.15, 0.2) is 0 Å². The van der Waals surface area contributed by atoms with E-state index >= 15 is 0 Å². The zero-order chi connectivity index (χ0) is 27.8. The lowest BCUT2D eigenvalue weighted by Crippen LogP contribution is -2.39. The van der Waals surface area contributed by atoms with Crippen LogP contribution in [0.5, 0.6) is 11.5 Å². The van der Waals surface area contributed by atoms with Crippen LogP contribution in [0.2, 0.25) is 0 Å². The second-order valence-corrected chi connectivity index (χ2v) is 10.9. The van der Waals surface area contributed by atoms with E-state index in [2.05, 4.69) is 20.9 Å². The van der Waals surface area contributed by atoms with Crippen molar-refractivity contribution in [2.24, 2.45) is 5.73 Å². The topological polar surface area (TPSA) is 139 Å². The summed E-state index contributed by atoms with van der Waals surface area (Å²) in [5.41, 5.74) is 8.07. The fraction of sp³-hybridized carbons (Fsp3) is 0.241. The van der Waals surface area contributed by atoms with Crippen molar-refractivity contribution in [3.05, 3.63) is 71.2 Å². The summed E-state index contributed by atoms with van der Waals surface area (Å²) in [5, 5.41) is 9.62. The Balaban J connectivity index is 1.26. The molecule has 2 atom stereocenters. The number of urea groups is 1. The van der Waals surface area contributed by atoms with Crippen molar-refractivity contribution >= 4 is 56.5 Å². The summed E-state index contributed by atoms with van der Waals surface area (Å²) in [6, 6.07) is 16.4. The Morgan fingerprint density at radius 1 is 1.07 bits per heavy atom. The van der Waals surface area contributed by atoms with Gasteiger partial charge in [-0.1, -0.05) is 18.2 Å². The van der Waals surface area contributed by atoms with Gasteiger partial charge in [-0.05, 0) is 68.1 Å². The van der Waals surface area contributed by atoms with Crippen molar-refractivity contribution in [3.63, 3.8) is 0 Å². The van der Waals surface area contributed by atoms with Gasteiger partial charge in [-0.15, -0.1) is 11.3 Å². The number of anilines is 3. The first-order chi connectivity index (χ1) is 19.4. The first-order valence-corrected chi connectivity index (χ1v) is 13.9. The van der Waals surface area contributed by atoms with E-state index < -0.39 is 0 Å². The number of hydrogen-bond acceptors (Lipinski definition) is 7. The Kier molecular flexibility index (Phi) is 6.82. The number of ether oxygens (including phenoxy) is 1. The first-order valence-electron chi connectivity index (χ1n) is 13.1. The van der Waals surface area contributed by atoms with Gasteiger partial charge in [-0.3, -0.25) is 14.5 Å². The number of benzene rings is 2. The molecule has 11 heteroatoms. The fourth-order valence-electron chi connectivity index (χ4n) is 5.33. The van der Waals surface area contributed by atoms with Crippen LogP contribution in [-0.2, 0) is 4.79 Å². The number of carbonyl (C=O) groups excluding carboxylic acids is 3. The van der Waals surface area contributed by atoms with E-state index in [9.17, 15) is 14.4 Å². The molecule has 204 valence electrons. The number of rotatable bonds is 7. The molecule has 2 aromatic carbocycles. The van der Waals surface area contributed by atoms with Crippen molar-refractivity contribution < 1.29 is 19.1 Å². The van der Waals surface area contributed by atoms with Crippen LogP contribution in [0.4, 0.5) is 21.9 Å². The van der Waals surface area contributed by atoms with Crippen molar-refractivity contribution in [2.45, 2.75) is 38.3 Å². The fourth-order valence-corrected chi connectivity index (χ4v) is 6.35. The van der Waals surface area contributed by atoms with Crippen LogP contribution in [-0.4, -0.2) is 41.5 Å². The Labute approximate surface area is 234 Å². The highest BCUT2D eigenvalue weighted by atomic mass is 32.1. The smallest absolute Gasteiger partial charge is 0.331 e. The maximum atomic E-state index is 13.5. The zero-order valence-electron chi connectivity index (χ0n) is 21.8. The number of nitrogens with one attached hydrogen (secondary N) is 3. The second-order valence-electron chi connectivity index (χ2n) is 9.90. The highest BCUT2D eigenvalue weighted by Crippen LogP contribution is 2.46. The van der Waals surface area contributed by atoms with E-state index in [1.54, 1.807) is 17.2 Å². The molecule has 1 aliphatic carbocycles. The molecular formula is C29H28N6O4S. The number of thiophene rings is 1. The molecule has 6 rings (SSSR count). The highest BCUT2D eigenvalue weighted by Gasteiger charge is 2.34. The number of amides is 4. The summed E-state index contributed by atoms with van der Waals surface area (Å²) in [7, 11) is 0. The standard InChI is InChI=1S/C29H28N6O4S/c1-16-13-20(39-19-5-3-2-4-6-19)9-10-21(16)35-22-11-12-31-28-24(22)25(34-29(35)38)26(40-28)27(37)33-18-8-7-17(14-18)32-23(36)15-30/h2-6,9-13,17-18H,7-8,14-15,30H2,1H3,(H,32,36)(H,33,37)(H,34,38)/t17-,18+/m1/s1. The number of aromatic nitrogens is 1.